The molecule has 0 aromatic heterocycles. The van der Waals surface area contributed by atoms with Crippen LogP contribution in [0.1, 0.15) is 26.2 Å². The van der Waals surface area contributed by atoms with Crippen molar-refractivity contribution in [1.29, 1.82) is 0 Å². The minimum Gasteiger partial charge on any atom is -0.364 e. The molecule has 0 saturated carbocycles. The third-order valence-electron chi connectivity index (χ3n) is 2.97. The maximum absolute atomic E-state index is 13.1. The van der Waals surface area contributed by atoms with Gasteiger partial charge in [-0.15, -0.1) is 0 Å². The van der Waals surface area contributed by atoms with Gasteiger partial charge in [0.05, 0.1) is 0 Å². The van der Waals surface area contributed by atoms with E-state index >= 15 is 0 Å². The number of alkyl halides is 2. The van der Waals surface area contributed by atoms with Crippen molar-refractivity contribution >= 4 is 11.7 Å². The van der Waals surface area contributed by atoms with Gasteiger partial charge in [-0.25, -0.2) is 0 Å². The fourth-order valence-electron chi connectivity index (χ4n) is 1.73. The monoisotopic (exact) mass is 243 g/mol. The summed E-state index contributed by atoms with van der Waals surface area (Å²) in [5.41, 5.74) is 5.44. The van der Waals surface area contributed by atoms with E-state index in [-0.39, 0.29) is 23.7 Å². The summed E-state index contributed by atoms with van der Waals surface area (Å²) in [6, 6.07) is 0. The average molecular weight is 243 g/mol. The van der Waals surface area contributed by atoms with Crippen LogP contribution < -0.4 is 5.73 Å². The Morgan fingerprint density at radius 1 is 1.65 bits per heavy atom. The first-order valence-corrected chi connectivity index (χ1v) is 5.29. The van der Waals surface area contributed by atoms with Gasteiger partial charge in [0.15, 0.2) is 5.78 Å². The van der Waals surface area contributed by atoms with Gasteiger partial charge >= 0.3 is 5.92 Å². The Labute approximate surface area is 98.4 Å². The van der Waals surface area contributed by atoms with Crippen LogP contribution in [0.4, 0.5) is 8.78 Å². The Kier molecular flexibility index (Phi) is 3.80. The van der Waals surface area contributed by atoms with E-state index in [0.717, 1.165) is 0 Å². The van der Waals surface area contributed by atoms with Crippen LogP contribution >= 0.6 is 0 Å². The lowest BCUT2D eigenvalue weighted by Gasteiger charge is -2.23. The van der Waals surface area contributed by atoms with E-state index in [1.165, 1.54) is 0 Å². The molecule has 0 aliphatic heterocycles. The Morgan fingerprint density at radius 2 is 2.24 bits per heavy atom. The van der Waals surface area contributed by atoms with Crippen LogP contribution in [-0.2, 0) is 9.59 Å². The van der Waals surface area contributed by atoms with Gasteiger partial charge in [-0.2, -0.15) is 8.78 Å². The predicted molar refractivity (Wildman–Crippen MR) is 59.4 cm³/mol. The predicted octanol–water partition coefficient (Wildman–Crippen LogP) is 1.98. The highest BCUT2D eigenvalue weighted by atomic mass is 19.3. The van der Waals surface area contributed by atoms with Gasteiger partial charge in [0.2, 0.25) is 0 Å². The van der Waals surface area contributed by atoms with E-state index in [2.05, 4.69) is 12.3 Å². The molecule has 0 heterocycles. The second kappa shape index (κ2) is 4.77. The summed E-state index contributed by atoms with van der Waals surface area (Å²) in [5, 5.41) is 0. The van der Waals surface area contributed by atoms with Gasteiger partial charge in [-0.1, -0.05) is 18.2 Å². The number of ketones is 1. The molecule has 0 aromatic carbocycles. The van der Waals surface area contributed by atoms with E-state index in [0.29, 0.717) is 12.0 Å². The molecule has 1 unspecified atom stereocenters. The van der Waals surface area contributed by atoms with Crippen LogP contribution in [0.3, 0.4) is 0 Å². The molecule has 0 bridgehead atoms. The fourth-order valence-corrected chi connectivity index (χ4v) is 1.73. The zero-order valence-corrected chi connectivity index (χ0v) is 9.63. The Bertz CT molecular complexity index is 399. The molecular formula is C12H15F2NO2. The first-order valence-electron chi connectivity index (χ1n) is 5.29. The summed E-state index contributed by atoms with van der Waals surface area (Å²) in [4.78, 5) is 21.9. The number of Topliss-reactive ketones (excluding diaryl/α,β-unsaturated/α-hetero) is 1. The summed E-state index contributed by atoms with van der Waals surface area (Å²) in [7, 11) is 0. The molecule has 1 rings (SSSR count). The van der Waals surface area contributed by atoms with Crippen molar-refractivity contribution in [2.75, 3.05) is 0 Å². The zero-order valence-electron chi connectivity index (χ0n) is 9.63. The SMILES string of the molecule is C=C(CC(F)(F)C(N)=O)C1CC=C(C)C(=O)C1. The molecule has 1 atom stereocenters. The molecule has 0 saturated heterocycles. The van der Waals surface area contributed by atoms with Crippen LogP contribution in [0.15, 0.2) is 23.8 Å². The molecule has 17 heavy (non-hydrogen) atoms. The average Bonchev–Trinajstić information content (AvgIpc) is 2.21. The number of rotatable bonds is 4. The number of nitrogens with two attached hydrogens (primary N) is 1. The lowest BCUT2D eigenvalue weighted by molar-refractivity contribution is -0.141. The van der Waals surface area contributed by atoms with E-state index in [4.69, 9.17) is 0 Å². The highest BCUT2D eigenvalue weighted by molar-refractivity contribution is 5.95. The zero-order chi connectivity index (χ0) is 13.2. The number of carbonyl (C=O) groups is 2. The smallest absolute Gasteiger partial charge is 0.328 e. The van der Waals surface area contributed by atoms with Gasteiger partial charge in [-0.05, 0) is 24.8 Å². The van der Waals surface area contributed by atoms with E-state index in [1.807, 2.05) is 0 Å². The number of carbonyl (C=O) groups excluding carboxylic acids is 2. The van der Waals surface area contributed by atoms with E-state index in [9.17, 15) is 18.4 Å². The molecule has 1 aliphatic rings. The topological polar surface area (TPSA) is 60.2 Å². The first kappa shape index (κ1) is 13.5. The van der Waals surface area contributed by atoms with E-state index < -0.39 is 18.3 Å². The van der Waals surface area contributed by atoms with Crippen LogP contribution in [0, 0.1) is 5.92 Å². The number of halogens is 2. The molecule has 1 amide bonds. The summed E-state index contributed by atoms with van der Waals surface area (Å²) < 4.78 is 26.2. The quantitative estimate of drug-likeness (QED) is 0.767. The van der Waals surface area contributed by atoms with Crippen molar-refractivity contribution in [3.05, 3.63) is 23.8 Å². The van der Waals surface area contributed by atoms with Crippen molar-refractivity contribution in [1.82, 2.24) is 0 Å². The lowest BCUT2D eigenvalue weighted by atomic mass is 9.82. The molecule has 3 nitrogen and oxygen atoms in total. The second-order valence-corrected chi connectivity index (χ2v) is 4.35. The number of amides is 1. The fraction of sp³-hybridized carbons (Fsp3) is 0.500. The lowest BCUT2D eigenvalue weighted by Crippen LogP contribution is -2.36. The van der Waals surface area contributed by atoms with Gasteiger partial charge in [-0.3, -0.25) is 9.59 Å². The number of primary amides is 1. The molecule has 1 aliphatic carbocycles. The summed E-state index contributed by atoms with van der Waals surface area (Å²) >= 11 is 0. The van der Waals surface area contributed by atoms with Crippen LogP contribution in [0.2, 0.25) is 0 Å². The molecule has 5 heteroatoms. The maximum atomic E-state index is 13.1. The van der Waals surface area contributed by atoms with Crippen molar-refractivity contribution in [2.45, 2.75) is 32.1 Å². The minimum atomic E-state index is -3.59. The van der Waals surface area contributed by atoms with Crippen molar-refractivity contribution in [3.8, 4) is 0 Å². The first-order chi connectivity index (χ1) is 7.74. The molecule has 0 radical (unpaired) electrons. The summed E-state index contributed by atoms with van der Waals surface area (Å²) in [6.07, 6.45) is 1.61. The Morgan fingerprint density at radius 3 is 2.71 bits per heavy atom. The minimum absolute atomic E-state index is 0.0650. The number of hydrogen-bond donors (Lipinski definition) is 1. The molecule has 2 N–H and O–H groups in total. The van der Waals surface area contributed by atoms with Crippen LogP contribution in [0.25, 0.3) is 0 Å². The number of allylic oxidation sites excluding steroid dienone is 3. The van der Waals surface area contributed by atoms with Crippen LogP contribution in [-0.4, -0.2) is 17.6 Å². The van der Waals surface area contributed by atoms with Gasteiger partial charge in [0, 0.05) is 12.8 Å². The standard InChI is InChI=1S/C12H15F2NO2/c1-7-3-4-9(5-10(7)16)8(2)6-12(13,14)11(15)17/h3,9H,2,4-6H2,1H3,(H2,15,17). The summed E-state index contributed by atoms with van der Waals surface area (Å²) in [5.74, 6) is -5.63. The molecule has 94 valence electrons. The van der Waals surface area contributed by atoms with Crippen molar-refractivity contribution in [3.63, 3.8) is 0 Å². The Balaban J connectivity index is 2.68. The molecule has 0 fully saturated rings. The third kappa shape index (κ3) is 3.22. The third-order valence-corrected chi connectivity index (χ3v) is 2.97. The molecule has 0 aromatic rings. The second-order valence-electron chi connectivity index (χ2n) is 4.35. The largest absolute Gasteiger partial charge is 0.364 e. The van der Waals surface area contributed by atoms with Crippen LogP contribution in [0.5, 0.6) is 0 Å². The normalized spacial score (nSPS) is 21.0. The maximum Gasteiger partial charge on any atom is 0.328 e. The van der Waals surface area contributed by atoms with Crippen molar-refractivity contribution in [2.24, 2.45) is 11.7 Å². The van der Waals surface area contributed by atoms with Gasteiger partial charge in [0.1, 0.15) is 0 Å². The van der Waals surface area contributed by atoms with Crippen molar-refractivity contribution < 1.29 is 18.4 Å². The highest BCUT2D eigenvalue weighted by Gasteiger charge is 2.38. The molecule has 0 spiro atoms. The number of hydrogen-bond acceptors (Lipinski definition) is 2. The van der Waals surface area contributed by atoms with Gasteiger partial charge < -0.3 is 5.73 Å². The molecular weight excluding hydrogens is 228 g/mol. The van der Waals surface area contributed by atoms with Gasteiger partial charge in [0.25, 0.3) is 5.91 Å². The highest BCUT2D eigenvalue weighted by Crippen LogP contribution is 2.32. The summed E-state index contributed by atoms with van der Waals surface area (Å²) in [6.45, 7) is 5.23. The Hall–Kier alpha value is -1.52. The van der Waals surface area contributed by atoms with E-state index in [1.54, 1.807) is 13.0 Å².